The molecule has 0 aliphatic rings. The summed E-state index contributed by atoms with van der Waals surface area (Å²) in [6.45, 7) is 0.524. The molecule has 20 heavy (non-hydrogen) atoms. The van der Waals surface area contributed by atoms with E-state index in [1.807, 2.05) is 23.6 Å². The number of hydrogen-bond acceptors (Lipinski definition) is 5. The van der Waals surface area contributed by atoms with Gasteiger partial charge in [-0.25, -0.2) is 4.79 Å². The molecule has 0 aromatic carbocycles. The van der Waals surface area contributed by atoms with Crippen LogP contribution in [0, 0.1) is 0 Å². The molecule has 106 valence electrons. The average Bonchev–Trinajstić information content (AvgIpc) is 2.85. The molecule has 0 atom stereocenters. The Labute approximate surface area is 129 Å². The number of hydrogen-bond donors (Lipinski definition) is 0. The van der Waals surface area contributed by atoms with Gasteiger partial charge in [-0.1, -0.05) is 6.07 Å². The Kier molecular flexibility index (Phi) is 5.55. The van der Waals surface area contributed by atoms with E-state index < -0.39 is 0 Å². The molecule has 0 aliphatic heterocycles. The second-order valence-electron chi connectivity index (χ2n) is 4.01. The lowest BCUT2D eigenvalue weighted by Gasteiger charge is -2.07. The van der Waals surface area contributed by atoms with E-state index in [9.17, 15) is 4.79 Å². The highest BCUT2D eigenvalue weighted by molar-refractivity contribution is 9.10. The van der Waals surface area contributed by atoms with Gasteiger partial charge in [-0.3, -0.25) is 4.98 Å². The monoisotopic (exact) mass is 355 g/mol. The van der Waals surface area contributed by atoms with Crippen molar-refractivity contribution in [3.8, 4) is 5.75 Å². The third-order valence-corrected chi connectivity index (χ3v) is 4.46. The smallest absolute Gasteiger partial charge is 0.351 e. The van der Waals surface area contributed by atoms with Crippen LogP contribution in [0.15, 0.2) is 34.2 Å². The summed E-state index contributed by atoms with van der Waals surface area (Å²) in [4.78, 5) is 16.3. The van der Waals surface area contributed by atoms with E-state index >= 15 is 0 Å². The van der Waals surface area contributed by atoms with E-state index in [0.717, 1.165) is 23.0 Å². The van der Waals surface area contributed by atoms with Gasteiger partial charge < -0.3 is 9.47 Å². The fraction of sp³-hybridized carbons (Fsp3) is 0.286. The average molecular weight is 356 g/mol. The molecule has 0 fully saturated rings. The number of methoxy groups -OCH3 is 1. The van der Waals surface area contributed by atoms with Crippen molar-refractivity contribution < 1.29 is 14.3 Å². The summed E-state index contributed by atoms with van der Waals surface area (Å²) in [5.41, 5.74) is 1.04. The molecule has 0 saturated carbocycles. The third-order valence-electron chi connectivity index (χ3n) is 2.62. The van der Waals surface area contributed by atoms with E-state index in [1.54, 1.807) is 6.20 Å². The standard InChI is InChI=1S/C14H14BrNO3S/c1-18-14(17)13-12(11(15)9-20-13)19-8-4-6-10-5-2-3-7-16-10/h2-3,5,7,9H,4,6,8H2,1H3. The van der Waals surface area contributed by atoms with E-state index in [0.29, 0.717) is 17.2 Å². The zero-order chi connectivity index (χ0) is 14.4. The highest BCUT2D eigenvalue weighted by Crippen LogP contribution is 2.35. The summed E-state index contributed by atoms with van der Waals surface area (Å²) < 4.78 is 11.2. The molecule has 0 saturated heterocycles. The quantitative estimate of drug-likeness (QED) is 0.585. The molecule has 2 aromatic rings. The summed E-state index contributed by atoms with van der Waals surface area (Å²) in [5, 5.41) is 1.82. The summed E-state index contributed by atoms with van der Waals surface area (Å²) in [6.07, 6.45) is 3.46. The minimum Gasteiger partial charge on any atom is -0.491 e. The van der Waals surface area contributed by atoms with Crippen molar-refractivity contribution in [1.29, 1.82) is 0 Å². The van der Waals surface area contributed by atoms with Crippen LogP contribution in [0.3, 0.4) is 0 Å². The van der Waals surface area contributed by atoms with Gasteiger partial charge in [-0.05, 0) is 40.9 Å². The first-order chi connectivity index (χ1) is 9.72. The van der Waals surface area contributed by atoms with E-state index in [-0.39, 0.29) is 5.97 Å². The third kappa shape index (κ3) is 3.80. The maximum atomic E-state index is 11.6. The fourth-order valence-electron chi connectivity index (χ4n) is 1.67. The first kappa shape index (κ1) is 15.0. The zero-order valence-corrected chi connectivity index (χ0v) is 13.4. The largest absolute Gasteiger partial charge is 0.491 e. The van der Waals surface area contributed by atoms with Gasteiger partial charge in [0.1, 0.15) is 0 Å². The molecule has 2 rings (SSSR count). The number of carbonyl (C=O) groups is 1. The Morgan fingerprint density at radius 1 is 1.45 bits per heavy atom. The highest BCUT2D eigenvalue weighted by atomic mass is 79.9. The minimum atomic E-state index is -0.375. The zero-order valence-electron chi connectivity index (χ0n) is 11.0. The molecule has 0 unspecified atom stereocenters. The predicted octanol–water partition coefficient (Wildman–Crippen LogP) is 3.70. The van der Waals surface area contributed by atoms with Crippen LogP contribution in [0.4, 0.5) is 0 Å². The van der Waals surface area contributed by atoms with Crippen molar-refractivity contribution in [2.45, 2.75) is 12.8 Å². The molecule has 2 aromatic heterocycles. The number of aryl methyl sites for hydroxylation is 1. The topological polar surface area (TPSA) is 48.4 Å². The van der Waals surface area contributed by atoms with Crippen molar-refractivity contribution in [3.63, 3.8) is 0 Å². The number of halogens is 1. The van der Waals surface area contributed by atoms with E-state index in [4.69, 9.17) is 9.47 Å². The molecule has 4 nitrogen and oxygen atoms in total. The lowest BCUT2D eigenvalue weighted by Crippen LogP contribution is -2.05. The van der Waals surface area contributed by atoms with Crippen LogP contribution in [0.2, 0.25) is 0 Å². The number of thiophene rings is 1. The highest BCUT2D eigenvalue weighted by Gasteiger charge is 2.18. The minimum absolute atomic E-state index is 0.375. The lowest BCUT2D eigenvalue weighted by molar-refractivity contribution is 0.0602. The molecule has 0 radical (unpaired) electrons. The van der Waals surface area contributed by atoms with Crippen molar-refractivity contribution in [2.75, 3.05) is 13.7 Å². The van der Waals surface area contributed by atoms with Crippen molar-refractivity contribution in [1.82, 2.24) is 4.98 Å². The Morgan fingerprint density at radius 2 is 2.30 bits per heavy atom. The number of aromatic nitrogens is 1. The second kappa shape index (κ2) is 7.40. The van der Waals surface area contributed by atoms with E-state index in [2.05, 4.69) is 20.9 Å². The first-order valence-corrected chi connectivity index (χ1v) is 7.77. The number of rotatable bonds is 6. The van der Waals surface area contributed by atoms with Gasteiger partial charge in [-0.2, -0.15) is 0 Å². The lowest BCUT2D eigenvalue weighted by atomic mass is 10.2. The summed E-state index contributed by atoms with van der Waals surface area (Å²) >= 11 is 4.68. The predicted molar refractivity (Wildman–Crippen MR) is 81.4 cm³/mol. The molecule has 2 heterocycles. The summed E-state index contributed by atoms with van der Waals surface area (Å²) in [7, 11) is 1.36. The van der Waals surface area contributed by atoms with Crippen LogP contribution in [-0.2, 0) is 11.2 Å². The van der Waals surface area contributed by atoms with Crippen LogP contribution in [0.1, 0.15) is 21.8 Å². The Bertz CT molecular complexity index is 571. The van der Waals surface area contributed by atoms with Gasteiger partial charge >= 0.3 is 5.97 Å². The molecule has 0 amide bonds. The number of pyridine rings is 1. The summed E-state index contributed by atoms with van der Waals surface area (Å²) in [6, 6.07) is 5.85. The molecule has 0 N–H and O–H groups in total. The molecular formula is C14H14BrNO3S. The van der Waals surface area contributed by atoms with Crippen molar-refractivity contribution in [2.24, 2.45) is 0 Å². The summed E-state index contributed by atoms with van der Waals surface area (Å²) in [5.74, 6) is 0.184. The Morgan fingerprint density at radius 3 is 3.00 bits per heavy atom. The van der Waals surface area contributed by atoms with Gasteiger partial charge in [0.2, 0.25) is 0 Å². The number of ether oxygens (including phenoxy) is 2. The van der Waals surface area contributed by atoms with Gasteiger partial charge in [0.25, 0.3) is 0 Å². The molecule has 0 aliphatic carbocycles. The van der Waals surface area contributed by atoms with Gasteiger partial charge in [0.15, 0.2) is 10.6 Å². The Balaban J connectivity index is 1.88. The molecule has 0 spiro atoms. The molecule has 0 bridgehead atoms. The van der Waals surface area contributed by atoms with Crippen LogP contribution in [-0.4, -0.2) is 24.7 Å². The molecular weight excluding hydrogens is 342 g/mol. The second-order valence-corrected chi connectivity index (χ2v) is 5.74. The SMILES string of the molecule is COC(=O)c1scc(Br)c1OCCCc1ccccn1. The normalized spacial score (nSPS) is 10.3. The van der Waals surface area contributed by atoms with Gasteiger partial charge in [0, 0.05) is 17.3 Å². The van der Waals surface area contributed by atoms with Crippen LogP contribution in [0.25, 0.3) is 0 Å². The number of esters is 1. The maximum Gasteiger partial charge on any atom is 0.351 e. The van der Waals surface area contributed by atoms with Crippen LogP contribution >= 0.6 is 27.3 Å². The number of nitrogens with zero attached hydrogens (tertiary/aromatic N) is 1. The first-order valence-electron chi connectivity index (χ1n) is 6.10. The van der Waals surface area contributed by atoms with Gasteiger partial charge in [0.05, 0.1) is 18.2 Å². The van der Waals surface area contributed by atoms with Crippen LogP contribution < -0.4 is 4.74 Å². The molecule has 6 heteroatoms. The fourth-order valence-corrected chi connectivity index (χ4v) is 3.18. The van der Waals surface area contributed by atoms with Crippen molar-refractivity contribution >= 4 is 33.2 Å². The van der Waals surface area contributed by atoms with Crippen molar-refractivity contribution in [3.05, 3.63) is 44.8 Å². The van der Waals surface area contributed by atoms with E-state index in [1.165, 1.54) is 18.4 Å². The van der Waals surface area contributed by atoms with Crippen LogP contribution in [0.5, 0.6) is 5.75 Å². The van der Waals surface area contributed by atoms with Gasteiger partial charge in [-0.15, -0.1) is 11.3 Å². The Hall–Kier alpha value is -1.40. The maximum absolute atomic E-state index is 11.6. The number of carbonyl (C=O) groups excluding carboxylic acids is 1.